The average molecular weight is 235 g/mol. The Morgan fingerprint density at radius 3 is 2.76 bits per heavy atom. The monoisotopic (exact) mass is 235 g/mol. The van der Waals surface area contributed by atoms with E-state index in [0.717, 1.165) is 31.7 Å². The van der Waals surface area contributed by atoms with E-state index in [0.29, 0.717) is 6.54 Å². The highest BCUT2D eigenvalue weighted by Gasteiger charge is 2.13. The minimum absolute atomic E-state index is 0.00451. The van der Waals surface area contributed by atoms with Gasteiger partial charge in [0.15, 0.2) is 11.6 Å². The number of hydrogen-bond donors (Lipinski definition) is 2. The van der Waals surface area contributed by atoms with Crippen molar-refractivity contribution in [1.29, 1.82) is 5.26 Å². The Balaban J connectivity index is 2.16. The molecule has 1 heterocycles. The lowest BCUT2D eigenvalue weighted by Gasteiger charge is -2.27. The van der Waals surface area contributed by atoms with Crippen LogP contribution in [0, 0.1) is 17.1 Å². The van der Waals surface area contributed by atoms with Crippen LogP contribution in [-0.2, 0) is 6.54 Å². The summed E-state index contributed by atoms with van der Waals surface area (Å²) >= 11 is 0. The van der Waals surface area contributed by atoms with Crippen LogP contribution in [0.15, 0.2) is 12.1 Å². The van der Waals surface area contributed by atoms with E-state index in [1.807, 2.05) is 0 Å². The lowest BCUT2D eigenvalue weighted by atomic mass is 10.1. The molecule has 5 heteroatoms. The molecule has 2 rings (SSSR count). The first-order valence-corrected chi connectivity index (χ1v) is 5.55. The maximum absolute atomic E-state index is 13.3. The van der Waals surface area contributed by atoms with Gasteiger partial charge in [0.25, 0.3) is 0 Å². The predicted octanol–water partition coefficient (Wildman–Crippen LogP) is 0.808. The number of rotatable bonds is 2. The van der Waals surface area contributed by atoms with Crippen LogP contribution >= 0.6 is 0 Å². The molecule has 0 aromatic heterocycles. The largest absolute Gasteiger partial charge is 0.504 e. The lowest BCUT2D eigenvalue weighted by molar-refractivity contribution is 0.233. The molecule has 90 valence electrons. The second-order valence-electron chi connectivity index (χ2n) is 4.11. The molecular formula is C12H14FN3O. The molecule has 0 atom stereocenters. The molecule has 1 aromatic carbocycles. The fourth-order valence-corrected chi connectivity index (χ4v) is 1.96. The van der Waals surface area contributed by atoms with Crippen molar-refractivity contribution in [1.82, 2.24) is 10.2 Å². The maximum Gasteiger partial charge on any atom is 0.169 e. The minimum atomic E-state index is -0.728. The normalized spacial score (nSPS) is 16.7. The third-order valence-corrected chi connectivity index (χ3v) is 2.86. The van der Waals surface area contributed by atoms with Gasteiger partial charge in [-0.1, -0.05) is 0 Å². The number of piperazine rings is 1. The number of hydrogen-bond acceptors (Lipinski definition) is 4. The quantitative estimate of drug-likeness (QED) is 0.796. The van der Waals surface area contributed by atoms with Crippen molar-refractivity contribution in [2.45, 2.75) is 6.54 Å². The highest BCUT2D eigenvalue weighted by molar-refractivity contribution is 5.45. The van der Waals surface area contributed by atoms with Crippen LogP contribution in [0.2, 0.25) is 0 Å². The molecule has 0 unspecified atom stereocenters. The average Bonchev–Trinajstić information content (AvgIpc) is 2.35. The molecule has 17 heavy (non-hydrogen) atoms. The van der Waals surface area contributed by atoms with Gasteiger partial charge in [-0.2, -0.15) is 5.26 Å². The first-order valence-electron chi connectivity index (χ1n) is 5.55. The van der Waals surface area contributed by atoms with Crippen molar-refractivity contribution >= 4 is 0 Å². The van der Waals surface area contributed by atoms with Gasteiger partial charge < -0.3 is 10.4 Å². The molecule has 0 aliphatic carbocycles. The molecule has 2 N–H and O–H groups in total. The second kappa shape index (κ2) is 5.13. The summed E-state index contributed by atoms with van der Waals surface area (Å²) in [6, 6.07) is 4.62. The summed E-state index contributed by atoms with van der Waals surface area (Å²) in [5.41, 5.74) is 0.717. The van der Waals surface area contributed by atoms with E-state index in [1.54, 1.807) is 12.1 Å². The molecule has 1 aliphatic rings. The van der Waals surface area contributed by atoms with Crippen molar-refractivity contribution in [3.63, 3.8) is 0 Å². The van der Waals surface area contributed by atoms with E-state index in [9.17, 15) is 9.50 Å². The van der Waals surface area contributed by atoms with Crippen molar-refractivity contribution in [3.05, 3.63) is 29.1 Å². The molecule has 4 nitrogen and oxygen atoms in total. The highest BCUT2D eigenvalue weighted by atomic mass is 19.1. The summed E-state index contributed by atoms with van der Waals surface area (Å²) in [5.74, 6) is -1.29. The fourth-order valence-electron chi connectivity index (χ4n) is 1.96. The van der Waals surface area contributed by atoms with Crippen LogP contribution < -0.4 is 5.32 Å². The molecule has 1 aromatic rings. The van der Waals surface area contributed by atoms with E-state index >= 15 is 0 Å². The first-order chi connectivity index (χ1) is 8.20. The third kappa shape index (κ3) is 2.73. The number of aromatic hydroxyl groups is 1. The standard InChI is InChI=1S/C12H14FN3O/c13-11-6-9(5-10(7-14)12(11)17)8-16-3-1-15-2-4-16/h5-6,15,17H,1-4,8H2. The molecule has 0 saturated carbocycles. The Hall–Kier alpha value is -1.64. The smallest absolute Gasteiger partial charge is 0.169 e. The molecule has 1 aliphatic heterocycles. The Morgan fingerprint density at radius 1 is 1.41 bits per heavy atom. The molecule has 1 saturated heterocycles. The van der Waals surface area contributed by atoms with Crippen LogP contribution in [0.3, 0.4) is 0 Å². The lowest BCUT2D eigenvalue weighted by Crippen LogP contribution is -2.42. The van der Waals surface area contributed by atoms with Crippen LogP contribution in [0.25, 0.3) is 0 Å². The van der Waals surface area contributed by atoms with E-state index in [2.05, 4.69) is 10.2 Å². The van der Waals surface area contributed by atoms with Crippen LogP contribution in [0.1, 0.15) is 11.1 Å². The summed E-state index contributed by atoms with van der Waals surface area (Å²) in [7, 11) is 0. The summed E-state index contributed by atoms with van der Waals surface area (Å²) in [5, 5.41) is 21.3. The van der Waals surface area contributed by atoms with Gasteiger partial charge in [-0.25, -0.2) is 4.39 Å². The zero-order valence-electron chi connectivity index (χ0n) is 9.41. The predicted molar refractivity (Wildman–Crippen MR) is 60.9 cm³/mol. The van der Waals surface area contributed by atoms with Crippen LogP contribution in [0.4, 0.5) is 4.39 Å². The molecular weight excluding hydrogens is 221 g/mol. The van der Waals surface area contributed by atoms with Crippen LogP contribution in [0.5, 0.6) is 5.75 Å². The number of phenolic OH excluding ortho intramolecular Hbond substituents is 1. The van der Waals surface area contributed by atoms with E-state index in [-0.39, 0.29) is 5.56 Å². The summed E-state index contributed by atoms with van der Waals surface area (Å²) < 4.78 is 13.3. The third-order valence-electron chi connectivity index (χ3n) is 2.86. The van der Waals surface area contributed by atoms with E-state index in [1.165, 1.54) is 6.07 Å². The van der Waals surface area contributed by atoms with Crippen molar-refractivity contribution < 1.29 is 9.50 Å². The van der Waals surface area contributed by atoms with Crippen molar-refractivity contribution in [2.24, 2.45) is 0 Å². The number of nitrogens with zero attached hydrogens (tertiary/aromatic N) is 2. The molecule has 0 spiro atoms. The molecule has 0 radical (unpaired) electrons. The minimum Gasteiger partial charge on any atom is -0.504 e. The van der Waals surface area contributed by atoms with Gasteiger partial charge in [0, 0.05) is 32.7 Å². The van der Waals surface area contributed by atoms with E-state index < -0.39 is 11.6 Å². The molecule has 0 bridgehead atoms. The topological polar surface area (TPSA) is 59.3 Å². The van der Waals surface area contributed by atoms with Gasteiger partial charge >= 0.3 is 0 Å². The number of halogens is 1. The van der Waals surface area contributed by atoms with Gasteiger partial charge in [-0.05, 0) is 17.7 Å². The van der Waals surface area contributed by atoms with Gasteiger partial charge in [0.1, 0.15) is 6.07 Å². The molecule has 1 fully saturated rings. The Labute approximate surface area is 99.3 Å². The fraction of sp³-hybridized carbons (Fsp3) is 0.417. The highest BCUT2D eigenvalue weighted by Crippen LogP contribution is 2.23. The van der Waals surface area contributed by atoms with E-state index in [4.69, 9.17) is 5.26 Å². The number of benzene rings is 1. The van der Waals surface area contributed by atoms with Gasteiger partial charge in [0.05, 0.1) is 5.56 Å². The van der Waals surface area contributed by atoms with Crippen molar-refractivity contribution in [2.75, 3.05) is 26.2 Å². The van der Waals surface area contributed by atoms with Gasteiger partial charge in [-0.3, -0.25) is 4.90 Å². The Kier molecular flexibility index (Phi) is 3.57. The number of nitrogens with one attached hydrogen (secondary N) is 1. The number of phenols is 1. The Morgan fingerprint density at radius 2 is 2.12 bits per heavy atom. The molecule has 0 amide bonds. The number of nitriles is 1. The van der Waals surface area contributed by atoms with Crippen LogP contribution in [-0.4, -0.2) is 36.2 Å². The second-order valence-corrected chi connectivity index (χ2v) is 4.11. The van der Waals surface area contributed by atoms with Crippen molar-refractivity contribution in [3.8, 4) is 11.8 Å². The van der Waals surface area contributed by atoms with Gasteiger partial charge in [0.2, 0.25) is 0 Å². The van der Waals surface area contributed by atoms with Gasteiger partial charge in [-0.15, -0.1) is 0 Å². The zero-order chi connectivity index (χ0) is 12.3. The summed E-state index contributed by atoms with van der Waals surface area (Å²) in [6.07, 6.45) is 0. The zero-order valence-corrected chi connectivity index (χ0v) is 9.41. The maximum atomic E-state index is 13.3. The SMILES string of the molecule is N#Cc1cc(CN2CCNCC2)cc(F)c1O. The first kappa shape index (κ1) is 11.8. The summed E-state index contributed by atoms with van der Waals surface area (Å²) in [6.45, 7) is 4.26. The Bertz CT molecular complexity index is 450. The summed E-state index contributed by atoms with van der Waals surface area (Å²) in [4.78, 5) is 2.18.